The van der Waals surface area contributed by atoms with Crippen LogP contribution in [0, 0.1) is 0 Å². The van der Waals surface area contributed by atoms with E-state index < -0.39 is 5.97 Å². The Labute approximate surface area is 147 Å². The number of benzene rings is 1. The zero-order valence-corrected chi connectivity index (χ0v) is 14.2. The molecule has 1 atom stereocenters. The van der Waals surface area contributed by atoms with Gasteiger partial charge in [-0.25, -0.2) is 0 Å². The lowest BCUT2D eigenvalue weighted by atomic mass is 10.1. The number of aliphatic carboxylic acids is 1. The summed E-state index contributed by atoms with van der Waals surface area (Å²) in [6, 6.07) is 8.26. The van der Waals surface area contributed by atoms with E-state index >= 15 is 0 Å². The van der Waals surface area contributed by atoms with Crippen LogP contribution in [0.2, 0.25) is 5.02 Å². The van der Waals surface area contributed by atoms with Gasteiger partial charge in [0.05, 0.1) is 12.5 Å². The second-order valence-corrected chi connectivity index (χ2v) is 6.99. The van der Waals surface area contributed by atoms with Crippen LogP contribution in [0.4, 0.5) is 0 Å². The maximum Gasteiger partial charge on any atom is 0.305 e. The van der Waals surface area contributed by atoms with Crippen molar-refractivity contribution in [3.8, 4) is 11.3 Å². The zero-order chi connectivity index (χ0) is 17.1. The van der Waals surface area contributed by atoms with Crippen LogP contribution in [0.25, 0.3) is 11.3 Å². The molecule has 1 amide bonds. The van der Waals surface area contributed by atoms with Crippen LogP contribution in [0.5, 0.6) is 0 Å². The van der Waals surface area contributed by atoms with E-state index in [1.807, 2.05) is 0 Å². The Morgan fingerprint density at radius 2 is 2.12 bits per heavy atom. The van der Waals surface area contributed by atoms with Crippen molar-refractivity contribution in [3.63, 3.8) is 0 Å². The molecule has 1 aliphatic rings. The predicted molar refractivity (Wildman–Crippen MR) is 91.4 cm³/mol. The standard InChI is InChI=1S/C16H15ClN2O4S/c17-11-3-1-10(2-4-11)14-8-13(18-23-14)16(22)19-5-6-24-9-12(19)7-15(20)21/h1-4,8,12H,5-7,9H2,(H,20,21). The molecule has 1 saturated heterocycles. The van der Waals surface area contributed by atoms with Crippen LogP contribution < -0.4 is 0 Å². The van der Waals surface area contributed by atoms with E-state index in [0.717, 1.165) is 11.3 Å². The number of rotatable bonds is 4. The first-order chi connectivity index (χ1) is 11.5. The largest absolute Gasteiger partial charge is 0.481 e. The van der Waals surface area contributed by atoms with Gasteiger partial charge in [-0.15, -0.1) is 0 Å². The van der Waals surface area contributed by atoms with Crippen molar-refractivity contribution in [2.75, 3.05) is 18.1 Å². The Balaban J connectivity index is 1.79. The highest BCUT2D eigenvalue weighted by Crippen LogP contribution is 2.25. The first-order valence-corrected chi connectivity index (χ1v) is 8.91. The summed E-state index contributed by atoms with van der Waals surface area (Å²) in [4.78, 5) is 25.2. The second-order valence-electron chi connectivity index (χ2n) is 5.41. The number of halogens is 1. The summed E-state index contributed by atoms with van der Waals surface area (Å²) in [7, 11) is 0. The average Bonchev–Trinajstić information content (AvgIpc) is 3.05. The topological polar surface area (TPSA) is 83.6 Å². The highest BCUT2D eigenvalue weighted by Gasteiger charge is 2.31. The van der Waals surface area contributed by atoms with Crippen molar-refractivity contribution < 1.29 is 19.2 Å². The Kier molecular flexibility index (Phi) is 5.11. The molecule has 0 radical (unpaired) electrons. The van der Waals surface area contributed by atoms with Crippen LogP contribution in [0.3, 0.4) is 0 Å². The lowest BCUT2D eigenvalue weighted by Crippen LogP contribution is -2.47. The fourth-order valence-electron chi connectivity index (χ4n) is 2.57. The Morgan fingerprint density at radius 3 is 2.83 bits per heavy atom. The highest BCUT2D eigenvalue weighted by atomic mass is 35.5. The van der Waals surface area contributed by atoms with Crippen molar-refractivity contribution in [1.82, 2.24) is 10.1 Å². The molecular weight excluding hydrogens is 352 g/mol. The van der Waals surface area contributed by atoms with Gasteiger partial charge in [-0.3, -0.25) is 9.59 Å². The molecule has 1 unspecified atom stereocenters. The minimum absolute atomic E-state index is 0.0688. The van der Waals surface area contributed by atoms with E-state index in [9.17, 15) is 9.59 Å². The monoisotopic (exact) mass is 366 g/mol. The quantitative estimate of drug-likeness (QED) is 0.895. The number of nitrogens with zero attached hydrogens (tertiary/aromatic N) is 2. The number of carbonyl (C=O) groups excluding carboxylic acids is 1. The fourth-order valence-corrected chi connectivity index (χ4v) is 3.75. The zero-order valence-electron chi connectivity index (χ0n) is 12.6. The van der Waals surface area contributed by atoms with Crippen molar-refractivity contribution in [3.05, 3.63) is 41.0 Å². The Hall–Kier alpha value is -1.99. The summed E-state index contributed by atoms with van der Waals surface area (Å²) in [6.45, 7) is 0.505. The lowest BCUT2D eigenvalue weighted by molar-refractivity contribution is -0.138. The third-order valence-corrected chi connectivity index (χ3v) is 5.10. The number of carboxylic acid groups (broad SMARTS) is 1. The number of aromatic nitrogens is 1. The van der Waals surface area contributed by atoms with Gasteiger partial charge in [-0.2, -0.15) is 11.8 Å². The third kappa shape index (κ3) is 3.73. The van der Waals surface area contributed by atoms with E-state index in [1.54, 1.807) is 47.0 Å². The van der Waals surface area contributed by atoms with Gasteiger partial charge in [0.1, 0.15) is 0 Å². The van der Waals surface area contributed by atoms with E-state index in [-0.39, 0.29) is 24.1 Å². The summed E-state index contributed by atoms with van der Waals surface area (Å²) >= 11 is 7.51. The van der Waals surface area contributed by atoms with Crippen LogP contribution >= 0.6 is 23.4 Å². The smallest absolute Gasteiger partial charge is 0.305 e. The van der Waals surface area contributed by atoms with E-state index in [1.165, 1.54) is 0 Å². The van der Waals surface area contributed by atoms with Gasteiger partial charge in [0.2, 0.25) is 0 Å². The van der Waals surface area contributed by atoms with Gasteiger partial charge in [-0.05, 0) is 24.3 Å². The van der Waals surface area contributed by atoms with Crippen LogP contribution in [-0.4, -0.2) is 51.1 Å². The minimum Gasteiger partial charge on any atom is -0.481 e. The number of carboxylic acids is 1. The van der Waals surface area contributed by atoms with Crippen molar-refractivity contribution in [1.29, 1.82) is 0 Å². The fraction of sp³-hybridized carbons (Fsp3) is 0.312. The molecule has 0 aliphatic carbocycles. The molecule has 1 aromatic heterocycles. The highest BCUT2D eigenvalue weighted by molar-refractivity contribution is 7.99. The normalized spacial score (nSPS) is 17.7. The van der Waals surface area contributed by atoms with Crippen molar-refractivity contribution in [2.24, 2.45) is 0 Å². The molecular formula is C16H15ClN2O4S. The molecule has 3 rings (SSSR count). The lowest BCUT2D eigenvalue weighted by Gasteiger charge is -2.33. The average molecular weight is 367 g/mol. The second kappa shape index (κ2) is 7.27. The summed E-state index contributed by atoms with van der Waals surface area (Å²) in [5.41, 5.74) is 0.949. The number of thioether (sulfide) groups is 1. The minimum atomic E-state index is -0.915. The molecule has 6 nitrogen and oxygen atoms in total. The SMILES string of the molecule is O=C(O)CC1CSCCN1C(=O)c1cc(-c2ccc(Cl)cc2)on1. The van der Waals surface area contributed by atoms with E-state index in [4.69, 9.17) is 21.2 Å². The molecule has 1 N–H and O–H groups in total. The Morgan fingerprint density at radius 1 is 1.38 bits per heavy atom. The molecule has 24 heavy (non-hydrogen) atoms. The van der Waals surface area contributed by atoms with Gasteiger partial charge in [-0.1, -0.05) is 16.8 Å². The molecule has 1 aliphatic heterocycles. The summed E-state index contributed by atoms with van der Waals surface area (Å²) in [5, 5.41) is 13.5. The van der Waals surface area contributed by atoms with Gasteiger partial charge >= 0.3 is 5.97 Å². The van der Waals surface area contributed by atoms with Gasteiger partial charge in [0, 0.05) is 34.7 Å². The van der Waals surface area contributed by atoms with E-state index in [0.29, 0.717) is 23.1 Å². The molecule has 1 aromatic carbocycles. The molecule has 8 heteroatoms. The number of hydrogen-bond acceptors (Lipinski definition) is 5. The first-order valence-electron chi connectivity index (χ1n) is 7.38. The maximum absolute atomic E-state index is 12.7. The van der Waals surface area contributed by atoms with Gasteiger partial charge in [0.15, 0.2) is 11.5 Å². The molecule has 0 bridgehead atoms. The van der Waals surface area contributed by atoms with Crippen LogP contribution in [0.1, 0.15) is 16.9 Å². The van der Waals surface area contributed by atoms with Crippen molar-refractivity contribution >= 4 is 35.2 Å². The summed E-state index contributed by atoms with van der Waals surface area (Å²) < 4.78 is 5.26. The predicted octanol–water partition coefficient (Wildman–Crippen LogP) is 3.03. The van der Waals surface area contributed by atoms with Crippen LogP contribution in [-0.2, 0) is 4.79 Å². The summed E-state index contributed by atoms with van der Waals surface area (Å²) in [6.07, 6.45) is -0.0688. The number of carbonyl (C=O) groups is 2. The Bertz CT molecular complexity index is 747. The molecule has 2 aromatic rings. The molecule has 1 fully saturated rings. The van der Waals surface area contributed by atoms with Gasteiger partial charge in [0.25, 0.3) is 5.91 Å². The van der Waals surface area contributed by atoms with Gasteiger partial charge < -0.3 is 14.5 Å². The molecule has 0 saturated carbocycles. The van der Waals surface area contributed by atoms with Crippen LogP contribution in [0.15, 0.2) is 34.9 Å². The molecule has 126 valence electrons. The summed E-state index contributed by atoms with van der Waals surface area (Å²) in [5.74, 6) is 0.646. The number of amides is 1. The molecule has 2 heterocycles. The van der Waals surface area contributed by atoms with Crippen molar-refractivity contribution in [2.45, 2.75) is 12.5 Å². The first kappa shape index (κ1) is 16.9. The molecule has 0 spiro atoms. The third-order valence-electron chi connectivity index (χ3n) is 3.76. The number of hydrogen-bond donors (Lipinski definition) is 1. The maximum atomic E-state index is 12.7. The van der Waals surface area contributed by atoms with E-state index in [2.05, 4.69) is 5.16 Å².